The molecule has 0 saturated carbocycles. The van der Waals surface area contributed by atoms with E-state index in [1.165, 1.54) is 7.05 Å². The van der Waals surface area contributed by atoms with Gasteiger partial charge in [0.1, 0.15) is 24.6 Å². The van der Waals surface area contributed by atoms with E-state index < -0.39 is 41.2 Å². The number of piperidine rings is 1. The van der Waals surface area contributed by atoms with Gasteiger partial charge in [-0.25, -0.2) is 14.2 Å². The summed E-state index contributed by atoms with van der Waals surface area (Å²) in [5.74, 6) is 0.326. The molecule has 0 aromatic carbocycles. The highest BCUT2D eigenvalue weighted by molar-refractivity contribution is 5.89. The van der Waals surface area contributed by atoms with Crippen molar-refractivity contribution in [2.75, 3.05) is 56.8 Å². The average Bonchev–Trinajstić information content (AvgIpc) is 3.36. The summed E-state index contributed by atoms with van der Waals surface area (Å²) in [4.78, 5) is 32.3. The van der Waals surface area contributed by atoms with Gasteiger partial charge in [-0.05, 0) is 18.6 Å². The first-order chi connectivity index (χ1) is 19.5. The fourth-order valence-corrected chi connectivity index (χ4v) is 4.83. The van der Waals surface area contributed by atoms with E-state index in [2.05, 4.69) is 20.5 Å². The lowest BCUT2D eigenvalue weighted by Gasteiger charge is -2.39. The van der Waals surface area contributed by atoms with Crippen LogP contribution in [-0.2, 0) is 22.7 Å². The number of anilines is 2. The number of aryl methyl sites for hydroxylation is 1. The van der Waals surface area contributed by atoms with Crippen LogP contribution in [-0.4, -0.2) is 95.6 Å². The van der Waals surface area contributed by atoms with Gasteiger partial charge in [0.25, 0.3) is 5.56 Å². The molecule has 12 nitrogen and oxygen atoms in total. The zero-order valence-corrected chi connectivity index (χ0v) is 22.3. The number of carbonyl (C=O) groups is 1. The first kappa shape index (κ1) is 28.6. The zero-order chi connectivity index (χ0) is 29.3. The molecule has 0 bridgehead atoms. The van der Waals surface area contributed by atoms with Gasteiger partial charge in [0.05, 0.1) is 55.2 Å². The Hall–Kier alpha value is -3.92. The lowest BCUT2D eigenvalue weighted by atomic mass is 10.0. The van der Waals surface area contributed by atoms with Gasteiger partial charge in [-0.2, -0.15) is 13.2 Å². The maximum atomic E-state index is 15.4. The molecule has 3 aromatic rings. The van der Waals surface area contributed by atoms with Crippen molar-refractivity contribution in [1.82, 2.24) is 24.6 Å². The second kappa shape index (κ2) is 11.5. The predicted octanol–water partition coefficient (Wildman–Crippen LogP) is 2.55. The Morgan fingerprint density at radius 1 is 1.32 bits per heavy atom. The van der Waals surface area contributed by atoms with Crippen molar-refractivity contribution < 1.29 is 36.6 Å². The van der Waals surface area contributed by atoms with Crippen molar-refractivity contribution in [2.24, 2.45) is 7.05 Å². The van der Waals surface area contributed by atoms with Gasteiger partial charge in [-0.15, -0.1) is 5.10 Å². The number of amides is 2. The summed E-state index contributed by atoms with van der Waals surface area (Å²) in [6.07, 6.45) is -3.99. The Morgan fingerprint density at radius 3 is 2.83 bits per heavy atom. The maximum absolute atomic E-state index is 15.4. The molecule has 2 fully saturated rings. The number of fused-ring (bicyclic) bond motifs is 1. The number of pyridine rings is 2. The first-order valence-electron chi connectivity index (χ1n) is 12.9. The van der Waals surface area contributed by atoms with Gasteiger partial charge in [0, 0.05) is 26.8 Å². The van der Waals surface area contributed by atoms with E-state index in [9.17, 15) is 22.8 Å². The number of rotatable bonds is 6. The van der Waals surface area contributed by atoms with E-state index in [0.29, 0.717) is 61.2 Å². The molecule has 3 aromatic heterocycles. The van der Waals surface area contributed by atoms with Crippen LogP contribution in [0.4, 0.5) is 33.7 Å². The predicted molar refractivity (Wildman–Crippen MR) is 139 cm³/mol. The number of nitrogens with zero attached hydrogens (tertiary/aromatic N) is 5. The van der Waals surface area contributed by atoms with Crippen LogP contribution >= 0.6 is 0 Å². The van der Waals surface area contributed by atoms with Crippen LogP contribution in [0, 0.1) is 0 Å². The molecule has 3 unspecified atom stereocenters. The monoisotopic (exact) mass is 583 g/mol. The Balaban J connectivity index is 1.23. The molecular formula is C25H29F4N7O5. The summed E-state index contributed by atoms with van der Waals surface area (Å²) in [6.45, 7) is 1.98. The lowest BCUT2D eigenvalue weighted by molar-refractivity contribution is -0.138. The maximum Gasteiger partial charge on any atom is 0.417 e. The molecule has 0 spiro atoms. The molecule has 16 heteroatoms. The van der Waals surface area contributed by atoms with E-state index in [-0.39, 0.29) is 25.7 Å². The van der Waals surface area contributed by atoms with Gasteiger partial charge < -0.3 is 33.9 Å². The minimum absolute atomic E-state index is 0.0674. The van der Waals surface area contributed by atoms with Crippen molar-refractivity contribution in [3.8, 4) is 5.88 Å². The van der Waals surface area contributed by atoms with Crippen LogP contribution in [0.3, 0.4) is 0 Å². The number of aromatic amines is 1. The fourth-order valence-electron chi connectivity index (χ4n) is 4.83. The fraction of sp³-hybridized carbons (Fsp3) is 0.520. The summed E-state index contributed by atoms with van der Waals surface area (Å²) in [5, 5.41) is 9.78. The molecule has 41 heavy (non-hydrogen) atoms. The molecule has 2 aliphatic rings. The smallest absolute Gasteiger partial charge is 0.417 e. The van der Waals surface area contributed by atoms with E-state index in [4.69, 9.17) is 14.2 Å². The third-order valence-electron chi connectivity index (χ3n) is 7.10. The number of ether oxygens (including phenoxy) is 3. The molecule has 222 valence electrons. The molecule has 0 radical (unpaired) electrons. The van der Waals surface area contributed by atoms with E-state index in [1.807, 2.05) is 0 Å². The highest BCUT2D eigenvalue weighted by Gasteiger charge is 2.36. The van der Waals surface area contributed by atoms with Crippen molar-refractivity contribution >= 4 is 28.4 Å². The highest BCUT2D eigenvalue weighted by Crippen LogP contribution is 2.31. The van der Waals surface area contributed by atoms with Crippen molar-refractivity contribution in [3.05, 3.63) is 40.4 Å². The van der Waals surface area contributed by atoms with Crippen LogP contribution in [0.2, 0.25) is 0 Å². The Kier molecular flexibility index (Phi) is 8.04. The largest absolute Gasteiger partial charge is 0.473 e. The number of aromatic nitrogens is 4. The number of halogens is 4. The quantitative estimate of drug-likeness (QED) is 0.424. The number of hydrogen-bond acceptors (Lipinski definition) is 8. The molecule has 0 aliphatic carbocycles. The standard InChI is InChI=1S/C25H29F4N7O5/c1-34-10-14(25(27,28)29)7-19(23(34)37)31-24(38)35(2)20-3-4-36(11-18(20)26)15-8-17-21(30-9-15)32-33-22(17)41-13-16-12-39-5-6-40-16/h7-10,16,18,20H,3-6,11-13H2,1-2H3,(H,31,38)(H,30,32,33). The van der Waals surface area contributed by atoms with Crippen LogP contribution in [0.25, 0.3) is 11.0 Å². The number of urea groups is 1. The van der Waals surface area contributed by atoms with Gasteiger partial charge in [0.15, 0.2) is 5.65 Å². The second-order valence-electron chi connectivity index (χ2n) is 9.91. The molecule has 5 heterocycles. The third-order valence-corrected chi connectivity index (χ3v) is 7.10. The molecule has 3 atom stereocenters. The number of nitrogens with one attached hydrogen (secondary N) is 2. The molecule has 2 amide bonds. The Bertz CT molecular complexity index is 1460. The SMILES string of the molecule is CN(C(=O)Nc1cc(C(F)(F)F)cn(C)c1=O)C1CCN(c2cnc3[nH]nc(OCC4COCCO4)c3c2)CC1F. The minimum Gasteiger partial charge on any atom is -0.473 e. The molecular weight excluding hydrogens is 554 g/mol. The Labute approximate surface area is 231 Å². The summed E-state index contributed by atoms with van der Waals surface area (Å²) in [7, 11) is 2.49. The van der Waals surface area contributed by atoms with Crippen molar-refractivity contribution in [2.45, 2.75) is 30.9 Å². The van der Waals surface area contributed by atoms with E-state index >= 15 is 4.39 Å². The number of hydrogen-bond donors (Lipinski definition) is 2. The second-order valence-corrected chi connectivity index (χ2v) is 9.91. The van der Waals surface area contributed by atoms with Gasteiger partial charge in [-0.3, -0.25) is 9.89 Å². The van der Waals surface area contributed by atoms with E-state index in [0.717, 1.165) is 16.5 Å². The number of H-pyrrole nitrogens is 1. The normalized spacial score (nSPS) is 21.6. The molecule has 2 saturated heterocycles. The van der Waals surface area contributed by atoms with Crippen LogP contribution in [0.1, 0.15) is 12.0 Å². The van der Waals surface area contributed by atoms with Gasteiger partial charge in [-0.1, -0.05) is 0 Å². The van der Waals surface area contributed by atoms with Crippen LogP contribution < -0.4 is 20.5 Å². The average molecular weight is 584 g/mol. The van der Waals surface area contributed by atoms with Crippen molar-refractivity contribution in [3.63, 3.8) is 0 Å². The van der Waals surface area contributed by atoms with Crippen molar-refractivity contribution in [1.29, 1.82) is 0 Å². The number of carbonyl (C=O) groups excluding carboxylic acids is 1. The zero-order valence-electron chi connectivity index (χ0n) is 22.3. The highest BCUT2D eigenvalue weighted by atomic mass is 19.4. The van der Waals surface area contributed by atoms with Crippen LogP contribution in [0.15, 0.2) is 29.3 Å². The molecule has 2 N–H and O–H groups in total. The summed E-state index contributed by atoms with van der Waals surface area (Å²) >= 11 is 0. The first-order valence-corrected chi connectivity index (χ1v) is 12.9. The minimum atomic E-state index is -4.71. The van der Waals surface area contributed by atoms with E-state index in [1.54, 1.807) is 17.2 Å². The summed E-state index contributed by atoms with van der Waals surface area (Å²) in [5.41, 5.74) is -1.35. The van der Waals surface area contributed by atoms with Crippen LogP contribution in [0.5, 0.6) is 5.88 Å². The summed E-state index contributed by atoms with van der Waals surface area (Å²) < 4.78 is 72.4. The lowest BCUT2D eigenvalue weighted by Crippen LogP contribution is -2.54. The molecule has 2 aliphatic heterocycles. The molecule has 5 rings (SSSR count). The van der Waals surface area contributed by atoms with Gasteiger partial charge >= 0.3 is 12.2 Å². The number of alkyl halides is 4. The Morgan fingerprint density at radius 2 is 2.12 bits per heavy atom. The summed E-state index contributed by atoms with van der Waals surface area (Å²) in [6, 6.07) is 0.587. The van der Waals surface area contributed by atoms with Gasteiger partial charge in [0.2, 0.25) is 5.88 Å². The third kappa shape index (κ3) is 6.22. The topological polar surface area (TPSA) is 127 Å².